The minimum Gasteiger partial charge on any atom is -0.475 e. The van der Waals surface area contributed by atoms with Gasteiger partial charge in [0.1, 0.15) is 5.76 Å². The van der Waals surface area contributed by atoms with Gasteiger partial charge < -0.3 is 9.52 Å². The molecule has 0 atom stereocenters. The summed E-state index contributed by atoms with van der Waals surface area (Å²) in [6.07, 6.45) is 0. The third-order valence-corrected chi connectivity index (χ3v) is 3.54. The van der Waals surface area contributed by atoms with Crippen molar-refractivity contribution in [2.75, 3.05) is 0 Å². The van der Waals surface area contributed by atoms with Crippen molar-refractivity contribution in [3.63, 3.8) is 0 Å². The Balaban J connectivity index is 2.12. The van der Waals surface area contributed by atoms with Gasteiger partial charge in [0.05, 0.1) is 5.75 Å². The summed E-state index contributed by atoms with van der Waals surface area (Å²) in [4.78, 5) is 22.2. The number of nitrogens with one attached hydrogen (secondary N) is 1. The molecule has 102 valence electrons. The summed E-state index contributed by atoms with van der Waals surface area (Å²) in [5.41, 5.74) is 0.324. The molecular formula is C11H13N3O4S. The molecule has 2 rings (SSSR count). The molecule has 0 aliphatic heterocycles. The van der Waals surface area contributed by atoms with Gasteiger partial charge in [-0.2, -0.15) is 0 Å². The molecule has 19 heavy (non-hydrogen) atoms. The van der Waals surface area contributed by atoms with Gasteiger partial charge in [-0.15, -0.1) is 5.10 Å². The Kier molecular flexibility index (Phi) is 3.79. The number of carbonyl (C=O) groups is 1. The molecule has 0 aliphatic carbocycles. The number of hydrogen-bond donors (Lipinski definition) is 2. The first-order valence-electron chi connectivity index (χ1n) is 5.63. The first-order valence-corrected chi connectivity index (χ1v) is 6.62. The summed E-state index contributed by atoms with van der Waals surface area (Å²) in [5.74, 6) is -0.180. The lowest BCUT2D eigenvalue weighted by molar-refractivity contribution is 0.0659. The molecule has 8 heteroatoms. The van der Waals surface area contributed by atoms with Crippen molar-refractivity contribution in [3.05, 3.63) is 33.6 Å². The number of thioether (sulfide) groups is 1. The standard InChI is InChI=1S/C11H13N3O4S/c1-3-14-10(17)12-13-11(14)19-5-7-4-6(2)8(18-7)9(15)16/h4H,3,5H2,1-2H3,(H,12,17)(H,15,16). The van der Waals surface area contributed by atoms with Crippen LogP contribution in [0.5, 0.6) is 0 Å². The molecule has 2 N–H and O–H groups in total. The molecule has 0 spiro atoms. The minimum absolute atomic E-state index is 0.0505. The molecule has 0 unspecified atom stereocenters. The zero-order chi connectivity index (χ0) is 14.0. The second-order valence-corrected chi connectivity index (χ2v) is 4.82. The summed E-state index contributed by atoms with van der Waals surface area (Å²) >= 11 is 1.31. The quantitative estimate of drug-likeness (QED) is 0.806. The van der Waals surface area contributed by atoms with E-state index in [-0.39, 0.29) is 11.4 Å². The molecule has 0 fully saturated rings. The number of carboxylic acids is 1. The Labute approximate surface area is 112 Å². The fourth-order valence-corrected chi connectivity index (χ4v) is 2.55. The molecule has 2 aromatic heterocycles. The number of hydrogen-bond acceptors (Lipinski definition) is 5. The summed E-state index contributed by atoms with van der Waals surface area (Å²) < 4.78 is 6.73. The van der Waals surface area contributed by atoms with Crippen LogP contribution in [0.15, 0.2) is 20.4 Å². The Hall–Kier alpha value is -1.96. The van der Waals surface area contributed by atoms with Gasteiger partial charge in [0.25, 0.3) is 0 Å². The maximum atomic E-state index is 11.4. The Morgan fingerprint density at radius 1 is 1.63 bits per heavy atom. The zero-order valence-electron chi connectivity index (χ0n) is 10.5. The third-order valence-electron chi connectivity index (χ3n) is 2.55. The molecule has 0 aromatic carbocycles. The van der Waals surface area contributed by atoms with Crippen LogP contribution in [0.3, 0.4) is 0 Å². The van der Waals surface area contributed by atoms with Gasteiger partial charge in [0.15, 0.2) is 5.16 Å². The average Bonchev–Trinajstić information content (AvgIpc) is 2.90. The average molecular weight is 283 g/mol. The van der Waals surface area contributed by atoms with Crippen LogP contribution in [0, 0.1) is 6.92 Å². The number of aryl methyl sites for hydroxylation is 1. The predicted molar refractivity (Wildman–Crippen MR) is 68.5 cm³/mol. The van der Waals surface area contributed by atoms with Gasteiger partial charge in [-0.3, -0.25) is 4.57 Å². The van der Waals surface area contributed by atoms with E-state index in [9.17, 15) is 9.59 Å². The molecular weight excluding hydrogens is 270 g/mol. The van der Waals surface area contributed by atoms with E-state index >= 15 is 0 Å². The number of carboxylic acid groups (broad SMARTS) is 1. The Morgan fingerprint density at radius 2 is 2.37 bits per heavy atom. The first kappa shape index (κ1) is 13.5. The van der Waals surface area contributed by atoms with Crippen LogP contribution in [-0.4, -0.2) is 25.8 Å². The van der Waals surface area contributed by atoms with Crippen molar-refractivity contribution in [1.29, 1.82) is 0 Å². The molecule has 2 heterocycles. The number of H-pyrrole nitrogens is 1. The first-order chi connectivity index (χ1) is 9.02. The SMILES string of the molecule is CCn1c(SCc2cc(C)c(C(=O)O)o2)n[nH]c1=O. The van der Waals surface area contributed by atoms with Crippen LogP contribution in [-0.2, 0) is 12.3 Å². The second-order valence-electron chi connectivity index (χ2n) is 3.87. The number of rotatable bonds is 5. The van der Waals surface area contributed by atoms with Gasteiger partial charge in [-0.1, -0.05) is 11.8 Å². The molecule has 0 bridgehead atoms. The van der Waals surface area contributed by atoms with E-state index in [0.29, 0.717) is 28.8 Å². The molecule has 0 saturated carbocycles. The van der Waals surface area contributed by atoms with Crippen molar-refractivity contribution in [3.8, 4) is 0 Å². The van der Waals surface area contributed by atoms with Crippen molar-refractivity contribution >= 4 is 17.7 Å². The van der Waals surface area contributed by atoms with Crippen LogP contribution < -0.4 is 5.69 Å². The minimum atomic E-state index is -1.08. The largest absolute Gasteiger partial charge is 0.475 e. The highest BCUT2D eigenvalue weighted by atomic mass is 32.2. The molecule has 2 aromatic rings. The Bertz CT molecular complexity index is 655. The predicted octanol–water partition coefficient (Wildman–Crippen LogP) is 1.48. The second kappa shape index (κ2) is 5.35. The number of aromatic amines is 1. The van der Waals surface area contributed by atoms with E-state index in [1.54, 1.807) is 13.0 Å². The van der Waals surface area contributed by atoms with Gasteiger partial charge in [-0.05, 0) is 19.9 Å². The van der Waals surface area contributed by atoms with Crippen molar-refractivity contribution in [2.45, 2.75) is 31.3 Å². The summed E-state index contributed by atoms with van der Waals surface area (Å²) in [6, 6.07) is 1.68. The van der Waals surface area contributed by atoms with Crippen LogP contribution in [0.1, 0.15) is 28.8 Å². The number of aromatic carboxylic acids is 1. The normalized spacial score (nSPS) is 10.8. The van der Waals surface area contributed by atoms with Crippen LogP contribution in [0.25, 0.3) is 0 Å². The monoisotopic (exact) mass is 283 g/mol. The maximum Gasteiger partial charge on any atom is 0.372 e. The van der Waals surface area contributed by atoms with E-state index < -0.39 is 5.97 Å². The number of nitrogens with zero attached hydrogens (tertiary/aromatic N) is 2. The van der Waals surface area contributed by atoms with Gasteiger partial charge in [0, 0.05) is 12.1 Å². The van der Waals surface area contributed by atoms with Crippen LogP contribution in [0.4, 0.5) is 0 Å². The van der Waals surface area contributed by atoms with E-state index in [4.69, 9.17) is 9.52 Å². The van der Waals surface area contributed by atoms with E-state index in [1.807, 2.05) is 6.92 Å². The number of aromatic nitrogens is 3. The molecule has 7 nitrogen and oxygen atoms in total. The molecule has 0 radical (unpaired) electrons. The van der Waals surface area contributed by atoms with E-state index in [1.165, 1.54) is 16.3 Å². The van der Waals surface area contributed by atoms with E-state index in [0.717, 1.165) is 0 Å². The number of furan rings is 1. The maximum absolute atomic E-state index is 11.4. The highest BCUT2D eigenvalue weighted by Gasteiger charge is 2.15. The fraction of sp³-hybridized carbons (Fsp3) is 0.364. The van der Waals surface area contributed by atoms with Crippen molar-refractivity contribution in [1.82, 2.24) is 14.8 Å². The van der Waals surface area contributed by atoms with Crippen LogP contribution >= 0.6 is 11.8 Å². The summed E-state index contributed by atoms with van der Waals surface area (Å²) in [6.45, 7) is 4.05. The smallest absolute Gasteiger partial charge is 0.372 e. The van der Waals surface area contributed by atoms with Gasteiger partial charge >= 0.3 is 11.7 Å². The van der Waals surface area contributed by atoms with Gasteiger partial charge in [-0.25, -0.2) is 14.7 Å². The highest BCUT2D eigenvalue weighted by molar-refractivity contribution is 7.98. The third kappa shape index (κ3) is 2.73. The lowest BCUT2D eigenvalue weighted by Gasteiger charge is -1.99. The summed E-state index contributed by atoms with van der Waals surface area (Å²) in [5, 5.41) is 15.7. The zero-order valence-corrected chi connectivity index (χ0v) is 11.3. The Morgan fingerprint density at radius 3 is 2.95 bits per heavy atom. The highest BCUT2D eigenvalue weighted by Crippen LogP contribution is 2.23. The summed E-state index contributed by atoms with van der Waals surface area (Å²) in [7, 11) is 0. The lowest BCUT2D eigenvalue weighted by Crippen LogP contribution is -2.16. The van der Waals surface area contributed by atoms with Crippen molar-refractivity contribution < 1.29 is 14.3 Å². The topological polar surface area (TPSA) is 101 Å². The van der Waals surface area contributed by atoms with Crippen molar-refractivity contribution in [2.24, 2.45) is 0 Å². The molecule has 0 saturated heterocycles. The molecule has 0 aliphatic rings. The molecule has 0 amide bonds. The fourth-order valence-electron chi connectivity index (χ4n) is 1.66. The lowest BCUT2D eigenvalue weighted by atomic mass is 10.3. The van der Waals surface area contributed by atoms with Gasteiger partial charge in [0.2, 0.25) is 5.76 Å². The van der Waals surface area contributed by atoms with Crippen LogP contribution in [0.2, 0.25) is 0 Å². The van der Waals surface area contributed by atoms with E-state index in [2.05, 4.69) is 10.2 Å².